The van der Waals surface area contributed by atoms with E-state index in [0.717, 1.165) is 15.6 Å². The zero-order chi connectivity index (χ0) is 28.3. The lowest BCUT2D eigenvalue weighted by Crippen LogP contribution is -2.27. The Morgan fingerprint density at radius 2 is 1.67 bits per heavy atom. The van der Waals surface area contributed by atoms with E-state index < -0.39 is 28.9 Å². The van der Waals surface area contributed by atoms with Gasteiger partial charge in [0, 0.05) is 22.3 Å². The summed E-state index contributed by atoms with van der Waals surface area (Å²) in [5.74, 6) is -2.08. The van der Waals surface area contributed by atoms with E-state index in [9.17, 15) is 24.5 Å². The number of carbonyl (C=O) groups is 3. The molecule has 1 heterocycles. The highest BCUT2D eigenvalue weighted by molar-refractivity contribution is 9.10. The Hall–Kier alpha value is -4.71. The number of nitrogens with zero attached hydrogens (tertiary/aromatic N) is 3. The predicted molar refractivity (Wildman–Crippen MR) is 148 cm³/mol. The zero-order valence-electron chi connectivity index (χ0n) is 21.1. The van der Waals surface area contributed by atoms with Crippen LogP contribution < -0.4 is 15.4 Å². The molecule has 39 heavy (non-hydrogen) atoms. The van der Waals surface area contributed by atoms with Gasteiger partial charge < -0.3 is 15.4 Å². The summed E-state index contributed by atoms with van der Waals surface area (Å²) in [6.07, 6.45) is -0.569. The largest absolute Gasteiger partial charge is 0.495 e. The molecule has 0 saturated carbocycles. The summed E-state index contributed by atoms with van der Waals surface area (Å²) in [4.78, 5) is 58.5. The number of ether oxygens (including phenoxy) is 1. The molecule has 4 rings (SSSR count). The average molecular weight is 592 g/mol. The number of Topliss-reactive ketones (excluding diaryl/α,β-unsaturated/α-hetero) is 1. The number of benzene rings is 3. The van der Waals surface area contributed by atoms with Gasteiger partial charge in [-0.2, -0.15) is 0 Å². The second-order valence-corrected chi connectivity index (χ2v) is 9.49. The van der Waals surface area contributed by atoms with E-state index in [1.807, 2.05) is 0 Å². The van der Waals surface area contributed by atoms with E-state index in [1.165, 1.54) is 25.3 Å². The summed E-state index contributed by atoms with van der Waals surface area (Å²) in [6, 6.07) is 14.1. The number of ketones is 1. The smallest absolute Gasteiger partial charge is 0.292 e. The molecule has 0 bridgehead atoms. The van der Waals surface area contributed by atoms with Gasteiger partial charge in [-0.15, -0.1) is 0 Å². The van der Waals surface area contributed by atoms with E-state index in [-0.39, 0.29) is 28.1 Å². The van der Waals surface area contributed by atoms with Crippen molar-refractivity contribution in [1.82, 2.24) is 9.97 Å². The molecule has 4 aromatic rings. The summed E-state index contributed by atoms with van der Waals surface area (Å²) in [6.45, 7) is 3.58. The van der Waals surface area contributed by atoms with Crippen molar-refractivity contribution < 1.29 is 24.0 Å². The second-order valence-electron chi connectivity index (χ2n) is 8.57. The molecule has 2 N–H and O–H groups in total. The normalized spacial score (nSPS) is 10.7. The Morgan fingerprint density at radius 3 is 2.33 bits per heavy atom. The lowest BCUT2D eigenvalue weighted by molar-refractivity contribution is -0.384. The SMILES string of the molecule is COc1ccccc1NC(=O)c1nc2ccc([N+](=O)[O-])cc2nc1CC(=O)C(=O)Nc1c(C)cc(Br)cc1C. The van der Waals surface area contributed by atoms with Crippen LogP contribution >= 0.6 is 15.9 Å². The van der Waals surface area contributed by atoms with Gasteiger partial charge in [0.1, 0.15) is 5.75 Å². The Labute approximate surface area is 230 Å². The highest BCUT2D eigenvalue weighted by atomic mass is 79.9. The van der Waals surface area contributed by atoms with Crippen molar-refractivity contribution in [3.8, 4) is 5.75 Å². The molecule has 12 heteroatoms. The third-order valence-electron chi connectivity index (χ3n) is 5.82. The maximum absolute atomic E-state index is 13.3. The highest BCUT2D eigenvalue weighted by Gasteiger charge is 2.24. The summed E-state index contributed by atoms with van der Waals surface area (Å²) in [7, 11) is 1.45. The van der Waals surface area contributed by atoms with E-state index >= 15 is 0 Å². The number of methoxy groups -OCH3 is 1. The van der Waals surface area contributed by atoms with Crippen molar-refractivity contribution in [1.29, 1.82) is 0 Å². The number of nitro groups is 1. The van der Waals surface area contributed by atoms with Crippen molar-refractivity contribution >= 4 is 61.6 Å². The number of anilines is 2. The number of fused-ring (bicyclic) bond motifs is 1. The lowest BCUT2D eigenvalue weighted by Gasteiger charge is -2.13. The Kier molecular flexibility index (Phi) is 7.96. The zero-order valence-corrected chi connectivity index (χ0v) is 22.7. The molecule has 0 saturated heterocycles. The minimum Gasteiger partial charge on any atom is -0.495 e. The van der Waals surface area contributed by atoms with Crippen molar-refractivity contribution in [2.24, 2.45) is 0 Å². The third-order valence-corrected chi connectivity index (χ3v) is 6.28. The number of non-ortho nitro benzene ring substituents is 1. The van der Waals surface area contributed by atoms with Gasteiger partial charge in [0.2, 0.25) is 5.78 Å². The number of carbonyl (C=O) groups excluding carboxylic acids is 3. The van der Waals surface area contributed by atoms with Crippen LogP contribution in [0.15, 0.2) is 59.1 Å². The molecule has 0 aliphatic rings. The van der Waals surface area contributed by atoms with Gasteiger partial charge in [0.15, 0.2) is 5.69 Å². The molecular formula is C27H22BrN5O6. The molecule has 1 aromatic heterocycles. The fourth-order valence-corrected chi connectivity index (χ4v) is 4.64. The number of aromatic nitrogens is 2. The number of para-hydroxylation sites is 2. The van der Waals surface area contributed by atoms with Crippen LogP contribution in [0.4, 0.5) is 17.1 Å². The topological polar surface area (TPSA) is 153 Å². The fraction of sp³-hybridized carbons (Fsp3) is 0.148. The Bertz CT molecular complexity index is 1630. The van der Waals surface area contributed by atoms with E-state index in [0.29, 0.717) is 17.1 Å². The first kappa shape index (κ1) is 27.3. The minimum atomic E-state index is -0.902. The fourth-order valence-electron chi connectivity index (χ4n) is 3.95. The Balaban J connectivity index is 1.70. The molecule has 2 amide bonds. The minimum absolute atomic E-state index is 0.0980. The quantitative estimate of drug-likeness (QED) is 0.166. The van der Waals surface area contributed by atoms with E-state index in [4.69, 9.17) is 4.74 Å². The van der Waals surface area contributed by atoms with Crippen LogP contribution in [-0.4, -0.2) is 39.6 Å². The van der Waals surface area contributed by atoms with Crippen LogP contribution in [0.25, 0.3) is 11.0 Å². The van der Waals surface area contributed by atoms with Gasteiger partial charge in [0.25, 0.3) is 17.5 Å². The molecule has 0 aliphatic carbocycles. The van der Waals surface area contributed by atoms with Crippen LogP contribution in [-0.2, 0) is 16.0 Å². The second kappa shape index (κ2) is 11.4. The van der Waals surface area contributed by atoms with E-state index in [1.54, 1.807) is 50.2 Å². The summed E-state index contributed by atoms with van der Waals surface area (Å²) in [5.41, 5.74) is 2.08. The predicted octanol–water partition coefficient (Wildman–Crippen LogP) is 4.93. The lowest BCUT2D eigenvalue weighted by atomic mass is 10.1. The molecule has 3 aromatic carbocycles. The standard InChI is InChI=1S/C27H22BrN5O6/c1-14-10-16(28)11-15(2)24(14)32-26(35)22(34)13-21-25(27(36)31-19-6-4-5-7-23(19)39-3)30-18-9-8-17(33(37)38)12-20(18)29-21/h4-12H,13H2,1-3H3,(H,31,36)(H,32,35). The highest BCUT2D eigenvalue weighted by Crippen LogP contribution is 2.27. The van der Waals surface area contributed by atoms with E-state index in [2.05, 4.69) is 36.5 Å². The molecule has 0 fully saturated rings. The molecule has 0 atom stereocenters. The van der Waals surface area contributed by atoms with Crippen LogP contribution in [0.2, 0.25) is 0 Å². The third kappa shape index (κ3) is 6.07. The maximum Gasteiger partial charge on any atom is 0.292 e. The van der Waals surface area contributed by atoms with Gasteiger partial charge in [-0.1, -0.05) is 28.1 Å². The van der Waals surface area contributed by atoms with Gasteiger partial charge >= 0.3 is 0 Å². The summed E-state index contributed by atoms with van der Waals surface area (Å²) in [5, 5.41) is 16.6. The van der Waals surface area contributed by atoms with Crippen LogP contribution in [0.5, 0.6) is 5.75 Å². The van der Waals surface area contributed by atoms with Gasteiger partial charge in [-0.25, -0.2) is 9.97 Å². The van der Waals surface area contributed by atoms with Crippen LogP contribution in [0.3, 0.4) is 0 Å². The summed E-state index contributed by atoms with van der Waals surface area (Å²) < 4.78 is 6.10. The number of aryl methyl sites for hydroxylation is 2. The first-order valence-corrected chi connectivity index (χ1v) is 12.4. The number of hydrogen-bond donors (Lipinski definition) is 2. The Morgan fingerprint density at radius 1 is 0.974 bits per heavy atom. The number of amides is 2. The van der Waals surface area contributed by atoms with Crippen molar-refractivity contribution in [2.45, 2.75) is 20.3 Å². The van der Waals surface area contributed by atoms with Crippen molar-refractivity contribution in [2.75, 3.05) is 17.7 Å². The molecule has 198 valence electrons. The van der Waals surface area contributed by atoms with Crippen molar-refractivity contribution in [3.05, 3.63) is 91.7 Å². The summed E-state index contributed by atoms with van der Waals surface area (Å²) >= 11 is 3.39. The average Bonchev–Trinajstić information content (AvgIpc) is 2.89. The number of hydrogen-bond acceptors (Lipinski definition) is 8. The number of rotatable bonds is 8. The van der Waals surface area contributed by atoms with Crippen LogP contribution in [0.1, 0.15) is 27.3 Å². The number of nitro benzene ring substituents is 1. The molecule has 11 nitrogen and oxygen atoms in total. The van der Waals surface area contributed by atoms with Gasteiger partial charge in [-0.3, -0.25) is 24.5 Å². The molecular weight excluding hydrogens is 570 g/mol. The number of nitrogens with one attached hydrogen (secondary N) is 2. The van der Waals surface area contributed by atoms with Gasteiger partial charge in [-0.05, 0) is 55.3 Å². The maximum atomic E-state index is 13.3. The van der Waals surface area contributed by atoms with Gasteiger partial charge in [0.05, 0.1) is 40.9 Å². The molecule has 0 spiro atoms. The first-order valence-electron chi connectivity index (χ1n) is 11.6. The van der Waals surface area contributed by atoms with Crippen molar-refractivity contribution in [3.63, 3.8) is 0 Å². The first-order chi connectivity index (χ1) is 18.6. The number of halogens is 1. The molecule has 0 radical (unpaired) electrons. The monoisotopic (exact) mass is 591 g/mol. The van der Waals surface area contributed by atoms with Crippen LogP contribution in [0, 0.1) is 24.0 Å². The molecule has 0 unspecified atom stereocenters. The molecule has 0 aliphatic heterocycles.